The van der Waals surface area contributed by atoms with E-state index >= 15 is 0 Å². The van der Waals surface area contributed by atoms with Gasteiger partial charge in [0, 0.05) is 12.0 Å². The molecule has 1 fully saturated rings. The van der Waals surface area contributed by atoms with Crippen molar-refractivity contribution in [1.82, 2.24) is 20.4 Å². The topological polar surface area (TPSA) is 100 Å². The second-order valence-corrected chi connectivity index (χ2v) is 9.30. The molecule has 2 amide bonds. The predicted octanol–water partition coefficient (Wildman–Crippen LogP) is 4.18. The third kappa shape index (κ3) is 5.85. The molecule has 0 saturated carbocycles. The number of thiophene rings is 1. The number of aromatic nitrogens is 2. The van der Waals surface area contributed by atoms with Crippen molar-refractivity contribution in [3.63, 3.8) is 0 Å². The quantitative estimate of drug-likeness (QED) is 0.516. The molecule has 174 valence electrons. The number of para-hydroxylation sites is 1. The summed E-state index contributed by atoms with van der Waals surface area (Å²) in [4.78, 5) is 33.2. The van der Waals surface area contributed by atoms with Crippen LogP contribution in [0.25, 0.3) is 10.7 Å². The highest BCUT2D eigenvalue weighted by Crippen LogP contribution is 2.24. The number of benzene rings is 1. The summed E-state index contributed by atoms with van der Waals surface area (Å²) in [7, 11) is 0. The number of piperidine rings is 1. The Kier molecular flexibility index (Phi) is 7.51. The van der Waals surface area contributed by atoms with Crippen LogP contribution >= 0.6 is 11.3 Å². The predicted molar refractivity (Wildman–Crippen MR) is 128 cm³/mol. The fourth-order valence-corrected chi connectivity index (χ4v) is 4.45. The molecule has 8 nitrogen and oxygen atoms in total. The third-order valence-corrected chi connectivity index (χ3v) is 6.81. The highest BCUT2D eigenvalue weighted by molar-refractivity contribution is 7.13. The third-order valence-electron chi connectivity index (χ3n) is 5.95. The highest BCUT2D eigenvalue weighted by atomic mass is 32.1. The molecule has 0 aliphatic carbocycles. The number of anilines is 1. The van der Waals surface area contributed by atoms with Gasteiger partial charge in [-0.15, -0.1) is 11.3 Å². The Morgan fingerprint density at radius 1 is 1.21 bits per heavy atom. The van der Waals surface area contributed by atoms with Crippen molar-refractivity contribution >= 4 is 28.8 Å². The van der Waals surface area contributed by atoms with Crippen LogP contribution in [0, 0.1) is 5.92 Å². The van der Waals surface area contributed by atoms with Gasteiger partial charge in [0.25, 0.3) is 5.91 Å². The van der Waals surface area contributed by atoms with E-state index in [1.165, 1.54) is 0 Å². The lowest BCUT2D eigenvalue weighted by atomic mass is 9.95. The van der Waals surface area contributed by atoms with Gasteiger partial charge in [0.2, 0.25) is 17.6 Å². The molecule has 3 aromatic rings. The zero-order valence-electron chi connectivity index (χ0n) is 18.9. The molecule has 1 atom stereocenters. The first-order valence-electron chi connectivity index (χ1n) is 11.3. The molecular weight excluding hydrogens is 438 g/mol. The number of amides is 2. The maximum absolute atomic E-state index is 12.9. The highest BCUT2D eigenvalue weighted by Gasteiger charge is 2.27. The molecule has 1 aromatic carbocycles. The molecule has 1 saturated heterocycles. The Morgan fingerprint density at radius 2 is 2.00 bits per heavy atom. The summed E-state index contributed by atoms with van der Waals surface area (Å²) in [6, 6.07) is 11.2. The minimum absolute atomic E-state index is 0.0452. The number of nitrogens with zero attached hydrogens (tertiary/aromatic N) is 3. The fourth-order valence-electron chi connectivity index (χ4n) is 3.80. The minimum Gasteiger partial charge on any atom is -0.350 e. The zero-order chi connectivity index (χ0) is 23.2. The lowest BCUT2D eigenvalue weighted by Gasteiger charge is -2.30. The number of hydrogen-bond acceptors (Lipinski definition) is 7. The van der Waals surface area contributed by atoms with Gasteiger partial charge < -0.3 is 15.2 Å². The number of likely N-dealkylation sites (tertiary alicyclic amines) is 1. The van der Waals surface area contributed by atoms with Crippen molar-refractivity contribution in [2.75, 3.05) is 18.4 Å². The Hall–Kier alpha value is -3.04. The van der Waals surface area contributed by atoms with Gasteiger partial charge in [0.15, 0.2) is 0 Å². The first-order valence-corrected chi connectivity index (χ1v) is 12.2. The fraction of sp³-hybridized carbons (Fsp3) is 0.417. The summed E-state index contributed by atoms with van der Waals surface area (Å²) in [5.41, 5.74) is 1.04. The van der Waals surface area contributed by atoms with Crippen LogP contribution in [0.2, 0.25) is 0 Å². The van der Waals surface area contributed by atoms with Crippen LogP contribution in [0.1, 0.15) is 49.4 Å². The van der Waals surface area contributed by atoms with E-state index in [1.807, 2.05) is 37.4 Å². The maximum Gasteiger partial charge on any atom is 0.253 e. The largest absolute Gasteiger partial charge is 0.350 e. The van der Waals surface area contributed by atoms with Crippen LogP contribution in [-0.2, 0) is 11.3 Å². The number of carbonyl (C=O) groups is 2. The van der Waals surface area contributed by atoms with E-state index in [9.17, 15) is 9.59 Å². The molecule has 1 unspecified atom stereocenters. The normalized spacial score (nSPS) is 15.8. The van der Waals surface area contributed by atoms with Crippen LogP contribution < -0.4 is 10.6 Å². The second-order valence-electron chi connectivity index (χ2n) is 8.36. The second kappa shape index (κ2) is 10.7. The minimum atomic E-state index is -0.170. The van der Waals surface area contributed by atoms with E-state index in [2.05, 4.69) is 25.7 Å². The van der Waals surface area contributed by atoms with Gasteiger partial charge in [0.05, 0.1) is 22.7 Å². The number of carbonyl (C=O) groups excluding carboxylic acids is 2. The average molecular weight is 468 g/mol. The van der Waals surface area contributed by atoms with Crippen LogP contribution in [0.4, 0.5) is 5.69 Å². The average Bonchev–Trinajstić information content (AvgIpc) is 3.52. The summed E-state index contributed by atoms with van der Waals surface area (Å²) in [5.74, 6) is 0.886. The molecule has 3 heterocycles. The molecule has 2 aromatic heterocycles. The summed E-state index contributed by atoms with van der Waals surface area (Å²) in [6.45, 7) is 6.09. The van der Waals surface area contributed by atoms with Gasteiger partial charge in [-0.2, -0.15) is 4.98 Å². The van der Waals surface area contributed by atoms with Crippen LogP contribution in [0.3, 0.4) is 0 Å². The van der Waals surface area contributed by atoms with Gasteiger partial charge in [-0.05, 0) is 62.9 Å². The molecule has 0 spiro atoms. The Bertz CT molecular complexity index is 1070. The molecule has 2 N–H and O–H groups in total. The molecule has 9 heteroatoms. The Labute approximate surface area is 197 Å². The van der Waals surface area contributed by atoms with Crippen LogP contribution in [0.5, 0.6) is 0 Å². The van der Waals surface area contributed by atoms with Gasteiger partial charge >= 0.3 is 0 Å². The summed E-state index contributed by atoms with van der Waals surface area (Å²) >= 11 is 1.58. The van der Waals surface area contributed by atoms with Gasteiger partial charge in [-0.25, -0.2) is 0 Å². The smallest absolute Gasteiger partial charge is 0.253 e. The van der Waals surface area contributed by atoms with Gasteiger partial charge in [0.1, 0.15) is 0 Å². The lowest BCUT2D eigenvalue weighted by molar-refractivity contribution is -0.121. The molecular formula is C24H29N5O3S. The summed E-state index contributed by atoms with van der Waals surface area (Å²) in [5, 5.41) is 12.0. The SMILES string of the molecule is CCC(C)NC(=O)c1ccccc1NC(=O)C1CCN(Cc2nc(-c3cccs3)no2)CC1. The van der Waals surface area contributed by atoms with Crippen LogP contribution in [0.15, 0.2) is 46.3 Å². The first kappa shape index (κ1) is 23.1. The van der Waals surface area contributed by atoms with E-state index in [0.717, 1.165) is 37.2 Å². The van der Waals surface area contributed by atoms with E-state index in [0.29, 0.717) is 29.5 Å². The molecule has 1 aliphatic rings. The number of rotatable bonds is 8. The molecule has 33 heavy (non-hydrogen) atoms. The summed E-state index contributed by atoms with van der Waals surface area (Å²) < 4.78 is 5.40. The van der Waals surface area contributed by atoms with E-state index < -0.39 is 0 Å². The Balaban J connectivity index is 1.30. The van der Waals surface area contributed by atoms with Crippen molar-refractivity contribution in [2.24, 2.45) is 5.92 Å². The number of hydrogen-bond donors (Lipinski definition) is 2. The van der Waals surface area contributed by atoms with Crippen molar-refractivity contribution in [1.29, 1.82) is 0 Å². The maximum atomic E-state index is 12.9. The number of nitrogens with one attached hydrogen (secondary N) is 2. The van der Waals surface area contributed by atoms with Crippen molar-refractivity contribution < 1.29 is 14.1 Å². The first-order chi connectivity index (χ1) is 16.0. The van der Waals surface area contributed by atoms with Crippen LogP contribution in [-0.4, -0.2) is 46.0 Å². The van der Waals surface area contributed by atoms with Crippen molar-refractivity contribution in [3.8, 4) is 10.7 Å². The van der Waals surface area contributed by atoms with E-state index in [-0.39, 0.29) is 23.8 Å². The monoisotopic (exact) mass is 467 g/mol. The van der Waals surface area contributed by atoms with Gasteiger partial charge in [-0.1, -0.05) is 30.3 Å². The molecule has 1 aliphatic heterocycles. The molecule has 4 rings (SSSR count). The van der Waals surface area contributed by atoms with Crippen molar-refractivity contribution in [2.45, 2.75) is 45.7 Å². The Morgan fingerprint density at radius 3 is 2.73 bits per heavy atom. The van der Waals surface area contributed by atoms with E-state index in [1.54, 1.807) is 29.5 Å². The van der Waals surface area contributed by atoms with Gasteiger partial charge in [-0.3, -0.25) is 14.5 Å². The standard InChI is InChI=1S/C24H29N5O3S/c1-3-16(2)25-24(31)18-7-4-5-8-19(18)26-23(30)17-10-12-29(13-11-17)15-21-27-22(28-32-21)20-9-6-14-33-20/h4-9,14,16-17H,3,10-13,15H2,1-2H3,(H,25,31)(H,26,30). The van der Waals surface area contributed by atoms with Crippen molar-refractivity contribution in [3.05, 3.63) is 53.2 Å². The summed E-state index contributed by atoms with van der Waals surface area (Å²) in [6.07, 6.45) is 2.32. The lowest BCUT2D eigenvalue weighted by Crippen LogP contribution is -2.38. The molecule has 0 radical (unpaired) electrons. The van der Waals surface area contributed by atoms with E-state index in [4.69, 9.17) is 4.52 Å². The molecule has 0 bridgehead atoms. The zero-order valence-corrected chi connectivity index (χ0v) is 19.7.